The molecule has 2 aromatic heterocycles. The summed E-state index contributed by atoms with van der Waals surface area (Å²) in [5.41, 5.74) is 3.20. The lowest BCUT2D eigenvalue weighted by molar-refractivity contribution is -0.0493. The molecule has 0 radical (unpaired) electrons. The van der Waals surface area contributed by atoms with Gasteiger partial charge in [-0.05, 0) is 44.5 Å². The van der Waals surface area contributed by atoms with Gasteiger partial charge in [0.1, 0.15) is 11.8 Å². The van der Waals surface area contributed by atoms with E-state index in [1.54, 1.807) is 10.7 Å². The van der Waals surface area contributed by atoms with Crippen molar-refractivity contribution in [1.82, 2.24) is 19.8 Å². The number of pyridine rings is 1. The van der Waals surface area contributed by atoms with Crippen LogP contribution in [-0.2, 0) is 4.74 Å². The third-order valence-corrected chi connectivity index (χ3v) is 6.52. The minimum atomic E-state index is 0.182. The van der Waals surface area contributed by atoms with Crippen LogP contribution in [0.1, 0.15) is 25.5 Å². The van der Waals surface area contributed by atoms with E-state index < -0.39 is 0 Å². The Morgan fingerprint density at radius 1 is 1.32 bits per heavy atom. The number of piperidine rings is 1. The summed E-state index contributed by atoms with van der Waals surface area (Å²) in [6.07, 6.45) is 4.79. The first-order valence-electron chi connectivity index (χ1n) is 10.4. The molecule has 0 amide bonds. The van der Waals surface area contributed by atoms with E-state index in [0.717, 1.165) is 30.8 Å². The highest BCUT2D eigenvalue weighted by atomic mass is 16.5. The average molecular weight is 380 g/mol. The average Bonchev–Trinajstić information content (AvgIpc) is 3.15. The zero-order chi connectivity index (χ0) is 19.1. The Bertz CT molecular complexity index is 898. The summed E-state index contributed by atoms with van der Waals surface area (Å²) < 4.78 is 8.06. The van der Waals surface area contributed by atoms with Crippen LogP contribution in [0.3, 0.4) is 0 Å². The van der Waals surface area contributed by atoms with E-state index in [4.69, 9.17) is 4.74 Å². The maximum absolute atomic E-state index is 9.33. The fourth-order valence-electron chi connectivity index (χ4n) is 5.22. The topological polar surface area (TPSA) is 68.8 Å². The lowest BCUT2D eigenvalue weighted by Crippen LogP contribution is -2.62. The first-order chi connectivity index (χ1) is 13.7. The summed E-state index contributed by atoms with van der Waals surface area (Å²) in [6, 6.07) is 8.13. The van der Waals surface area contributed by atoms with Crippen LogP contribution in [0.25, 0.3) is 5.52 Å². The standard InChI is InChI=1S/C21H28N6O/c1-16-10-26(19-4-3-17(9-22)27-20(19)5-7-24-27)12-18(28-16)11-25-8-2-6-21(15-25)13-23-14-21/h3-5,7,16,18,23H,2,6,8,10-15H2,1H3/t16-,18+/m1/s1. The predicted molar refractivity (Wildman–Crippen MR) is 107 cm³/mol. The van der Waals surface area contributed by atoms with Crippen LogP contribution < -0.4 is 10.2 Å². The molecule has 0 saturated carbocycles. The van der Waals surface area contributed by atoms with Gasteiger partial charge in [0.05, 0.1) is 29.6 Å². The minimum Gasteiger partial charge on any atom is -0.370 e. The maximum Gasteiger partial charge on any atom is 0.142 e. The zero-order valence-electron chi connectivity index (χ0n) is 16.5. The molecule has 148 valence electrons. The molecule has 0 aliphatic carbocycles. The van der Waals surface area contributed by atoms with E-state index in [9.17, 15) is 5.26 Å². The second-order valence-corrected chi connectivity index (χ2v) is 8.76. The van der Waals surface area contributed by atoms with Gasteiger partial charge >= 0.3 is 0 Å². The number of likely N-dealkylation sites (tertiary alicyclic amines) is 1. The Morgan fingerprint density at radius 2 is 2.21 bits per heavy atom. The van der Waals surface area contributed by atoms with Gasteiger partial charge in [0.25, 0.3) is 0 Å². The highest BCUT2D eigenvalue weighted by Crippen LogP contribution is 2.34. The molecular formula is C21H28N6O. The fraction of sp³-hybridized carbons (Fsp3) is 0.619. The van der Waals surface area contributed by atoms with Crippen molar-refractivity contribution >= 4 is 11.2 Å². The van der Waals surface area contributed by atoms with Crippen molar-refractivity contribution in [3.63, 3.8) is 0 Å². The first-order valence-corrected chi connectivity index (χ1v) is 10.4. The zero-order valence-corrected chi connectivity index (χ0v) is 16.5. The summed E-state index contributed by atoms with van der Waals surface area (Å²) in [5, 5.41) is 17.1. The SMILES string of the molecule is C[C@@H]1CN(c2ccc(C#N)n3nccc23)C[C@H](CN2CCCC3(CNC3)C2)O1. The number of morpholine rings is 1. The Balaban J connectivity index is 1.33. The molecule has 2 aromatic rings. The quantitative estimate of drug-likeness (QED) is 0.870. The number of aromatic nitrogens is 2. The second-order valence-electron chi connectivity index (χ2n) is 8.76. The van der Waals surface area contributed by atoms with Crippen molar-refractivity contribution in [1.29, 1.82) is 5.26 Å². The van der Waals surface area contributed by atoms with Gasteiger partial charge in [-0.1, -0.05) is 0 Å². The number of anilines is 1. The van der Waals surface area contributed by atoms with Crippen molar-refractivity contribution in [3.05, 3.63) is 30.1 Å². The molecule has 0 unspecified atom stereocenters. The highest BCUT2D eigenvalue weighted by Gasteiger charge is 2.41. The Morgan fingerprint density at radius 3 is 3.00 bits per heavy atom. The van der Waals surface area contributed by atoms with Crippen molar-refractivity contribution in [2.45, 2.75) is 32.0 Å². The molecule has 28 heavy (non-hydrogen) atoms. The third-order valence-electron chi connectivity index (χ3n) is 6.52. The Kier molecular flexibility index (Phi) is 4.50. The van der Waals surface area contributed by atoms with Gasteiger partial charge in [0, 0.05) is 44.7 Å². The van der Waals surface area contributed by atoms with E-state index in [2.05, 4.69) is 39.3 Å². The first kappa shape index (κ1) is 17.9. The second kappa shape index (κ2) is 7.03. The summed E-state index contributed by atoms with van der Waals surface area (Å²) >= 11 is 0. The van der Waals surface area contributed by atoms with Gasteiger partial charge in [-0.2, -0.15) is 10.4 Å². The van der Waals surface area contributed by atoms with E-state index in [0.29, 0.717) is 11.1 Å². The molecule has 5 heterocycles. The fourth-order valence-corrected chi connectivity index (χ4v) is 5.22. The van der Waals surface area contributed by atoms with Crippen molar-refractivity contribution in [2.75, 3.05) is 50.7 Å². The Labute approximate surface area is 165 Å². The summed E-state index contributed by atoms with van der Waals surface area (Å²) in [7, 11) is 0. The molecule has 3 aliphatic rings. The predicted octanol–water partition coefficient (Wildman–Crippen LogP) is 1.49. The number of nitriles is 1. The number of ether oxygens (including phenoxy) is 1. The molecule has 5 rings (SSSR count). The smallest absolute Gasteiger partial charge is 0.142 e. The molecule has 0 aromatic carbocycles. The van der Waals surface area contributed by atoms with Crippen LogP contribution in [0.15, 0.2) is 24.4 Å². The highest BCUT2D eigenvalue weighted by molar-refractivity contribution is 5.74. The van der Waals surface area contributed by atoms with Crippen molar-refractivity contribution < 1.29 is 4.74 Å². The van der Waals surface area contributed by atoms with E-state index in [1.165, 1.54) is 39.0 Å². The monoisotopic (exact) mass is 380 g/mol. The lowest BCUT2D eigenvalue weighted by Gasteiger charge is -2.50. The summed E-state index contributed by atoms with van der Waals surface area (Å²) in [5.74, 6) is 0. The molecule has 3 saturated heterocycles. The number of nitrogens with zero attached hydrogens (tertiary/aromatic N) is 5. The van der Waals surface area contributed by atoms with Crippen LogP contribution in [0, 0.1) is 16.7 Å². The van der Waals surface area contributed by atoms with Crippen molar-refractivity contribution in [2.24, 2.45) is 5.41 Å². The lowest BCUT2D eigenvalue weighted by atomic mass is 9.75. The molecule has 3 aliphatic heterocycles. The maximum atomic E-state index is 9.33. The number of hydrogen-bond donors (Lipinski definition) is 1. The van der Waals surface area contributed by atoms with E-state index >= 15 is 0 Å². The van der Waals surface area contributed by atoms with Gasteiger partial charge in [0.15, 0.2) is 0 Å². The van der Waals surface area contributed by atoms with E-state index in [-0.39, 0.29) is 12.2 Å². The minimum absolute atomic E-state index is 0.182. The van der Waals surface area contributed by atoms with Crippen molar-refractivity contribution in [3.8, 4) is 6.07 Å². The van der Waals surface area contributed by atoms with E-state index in [1.807, 2.05) is 12.1 Å². The van der Waals surface area contributed by atoms with Crippen LogP contribution in [-0.4, -0.2) is 72.5 Å². The third kappa shape index (κ3) is 3.16. The molecule has 7 heteroatoms. The number of rotatable bonds is 3. The van der Waals surface area contributed by atoms with Crippen LogP contribution in [0.5, 0.6) is 0 Å². The van der Waals surface area contributed by atoms with Gasteiger partial charge in [0.2, 0.25) is 0 Å². The van der Waals surface area contributed by atoms with Gasteiger partial charge < -0.3 is 19.9 Å². The van der Waals surface area contributed by atoms with Crippen LogP contribution in [0.4, 0.5) is 5.69 Å². The van der Waals surface area contributed by atoms with Gasteiger partial charge in [-0.25, -0.2) is 4.52 Å². The van der Waals surface area contributed by atoms with Crippen LogP contribution in [0.2, 0.25) is 0 Å². The number of fused-ring (bicyclic) bond motifs is 1. The summed E-state index contributed by atoms with van der Waals surface area (Å²) in [6.45, 7) is 9.59. The molecule has 2 atom stereocenters. The largest absolute Gasteiger partial charge is 0.370 e. The van der Waals surface area contributed by atoms with Gasteiger partial charge in [-0.3, -0.25) is 0 Å². The molecule has 3 fully saturated rings. The molecule has 7 nitrogen and oxygen atoms in total. The summed E-state index contributed by atoms with van der Waals surface area (Å²) in [4.78, 5) is 5.01. The molecular weight excluding hydrogens is 352 g/mol. The molecule has 1 N–H and O–H groups in total. The normalized spacial score (nSPS) is 27.6. The van der Waals surface area contributed by atoms with Gasteiger partial charge in [-0.15, -0.1) is 0 Å². The molecule has 1 spiro atoms. The molecule has 0 bridgehead atoms. The Hall–Kier alpha value is -2.14. The number of hydrogen-bond acceptors (Lipinski definition) is 6. The number of nitrogens with one attached hydrogen (secondary N) is 1. The van der Waals surface area contributed by atoms with Crippen LogP contribution >= 0.6 is 0 Å².